The number of amides is 1. The van der Waals surface area contributed by atoms with E-state index in [1.165, 1.54) is 18.4 Å². The van der Waals surface area contributed by atoms with E-state index in [1.807, 2.05) is 24.3 Å². The van der Waals surface area contributed by atoms with Crippen LogP contribution < -0.4 is 10.4 Å². The third-order valence-electron chi connectivity index (χ3n) is 3.37. The van der Waals surface area contributed by atoms with Gasteiger partial charge in [-0.1, -0.05) is 28.1 Å². The molecule has 0 bridgehead atoms. The van der Waals surface area contributed by atoms with E-state index in [0.29, 0.717) is 10.6 Å². The Morgan fingerprint density at radius 1 is 1.20 bits per heavy atom. The summed E-state index contributed by atoms with van der Waals surface area (Å²) in [5.41, 5.74) is 1.76. The Bertz CT molecular complexity index is 785. The van der Waals surface area contributed by atoms with Gasteiger partial charge in [-0.05, 0) is 30.5 Å². The fourth-order valence-corrected chi connectivity index (χ4v) is 3.42. The summed E-state index contributed by atoms with van der Waals surface area (Å²) in [7, 11) is 1.27. The van der Waals surface area contributed by atoms with Crippen LogP contribution in [0.1, 0.15) is 29.6 Å². The number of anilines is 1. The second kappa shape index (κ2) is 8.77. The number of rotatable bonds is 7. The number of hydrogen-bond acceptors (Lipinski definition) is 6. The van der Waals surface area contributed by atoms with Gasteiger partial charge in [0.15, 0.2) is 0 Å². The molecular weight excluding hydrogens is 410 g/mol. The normalized spacial score (nSPS) is 10.3. The number of thiophene rings is 1. The first-order valence-electron chi connectivity index (χ1n) is 7.37. The zero-order valence-corrected chi connectivity index (χ0v) is 15.7. The molecule has 1 aromatic carbocycles. The minimum absolute atomic E-state index is 0.0279. The van der Waals surface area contributed by atoms with Crippen molar-refractivity contribution in [3.8, 4) is 11.1 Å². The number of ether oxygens (including phenoxy) is 1. The molecule has 6 nitrogen and oxygen atoms in total. The van der Waals surface area contributed by atoms with Crippen molar-refractivity contribution in [3.63, 3.8) is 0 Å². The maximum absolute atomic E-state index is 12.2. The first-order valence-corrected chi connectivity index (χ1v) is 9.05. The Hall–Kier alpha value is -2.19. The number of nitrogens with one attached hydrogen (secondary N) is 1. The lowest BCUT2D eigenvalue weighted by Crippen LogP contribution is -2.22. The van der Waals surface area contributed by atoms with Crippen LogP contribution in [0.15, 0.2) is 34.1 Å². The monoisotopic (exact) mass is 424 g/mol. The highest BCUT2D eigenvalue weighted by Crippen LogP contribution is 2.36. The zero-order chi connectivity index (χ0) is 18.4. The topological polar surface area (TPSA) is 95.5 Å². The van der Waals surface area contributed by atoms with Crippen molar-refractivity contribution < 1.29 is 24.2 Å². The standard InChI is InChI=1S/C17H16BrNO5S/c1-24-17(23)15-12(10-5-7-11(18)8-6-10)9-25-16(15)19-13(20)3-2-4-14(21)22/h5-9H,2-4H2,1H3,(H,19,20)(H,21,22)/p-1. The van der Waals surface area contributed by atoms with Gasteiger partial charge < -0.3 is 20.0 Å². The molecule has 132 valence electrons. The van der Waals surface area contributed by atoms with E-state index in [-0.39, 0.29) is 30.7 Å². The van der Waals surface area contributed by atoms with Crippen molar-refractivity contribution >= 4 is 50.1 Å². The number of halogens is 1. The summed E-state index contributed by atoms with van der Waals surface area (Å²) in [6.45, 7) is 0. The Morgan fingerprint density at radius 2 is 1.88 bits per heavy atom. The summed E-state index contributed by atoms with van der Waals surface area (Å²) in [4.78, 5) is 34.6. The van der Waals surface area contributed by atoms with Crippen molar-refractivity contribution in [2.24, 2.45) is 0 Å². The summed E-state index contributed by atoms with van der Waals surface area (Å²) < 4.78 is 5.75. The lowest BCUT2D eigenvalue weighted by Gasteiger charge is -2.08. The molecule has 0 aliphatic carbocycles. The average Bonchev–Trinajstić information content (AvgIpc) is 2.98. The molecule has 2 aromatic rings. The van der Waals surface area contributed by atoms with Gasteiger partial charge in [-0.2, -0.15) is 0 Å². The third-order valence-corrected chi connectivity index (χ3v) is 4.80. The number of carbonyl (C=O) groups excluding carboxylic acids is 3. The predicted octanol–water partition coefficient (Wildman–Crippen LogP) is 2.82. The molecule has 0 saturated carbocycles. The molecule has 0 saturated heterocycles. The minimum Gasteiger partial charge on any atom is -0.550 e. The van der Waals surface area contributed by atoms with E-state index in [0.717, 1.165) is 10.0 Å². The Labute approximate surface area is 156 Å². The van der Waals surface area contributed by atoms with Crippen molar-refractivity contribution in [2.45, 2.75) is 19.3 Å². The van der Waals surface area contributed by atoms with Crippen molar-refractivity contribution in [1.29, 1.82) is 0 Å². The van der Waals surface area contributed by atoms with Crippen LogP contribution in [0, 0.1) is 0 Å². The van der Waals surface area contributed by atoms with Gasteiger partial charge in [0.25, 0.3) is 0 Å². The van der Waals surface area contributed by atoms with Gasteiger partial charge in [0.05, 0.1) is 7.11 Å². The van der Waals surface area contributed by atoms with E-state index in [9.17, 15) is 19.5 Å². The van der Waals surface area contributed by atoms with Crippen LogP contribution >= 0.6 is 27.3 Å². The first kappa shape index (κ1) is 19.1. The smallest absolute Gasteiger partial charge is 0.341 e. The molecule has 0 aliphatic rings. The molecule has 2 rings (SSSR count). The molecule has 1 amide bonds. The number of carboxylic acid groups (broad SMARTS) is 1. The molecule has 0 aliphatic heterocycles. The van der Waals surface area contributed by atoms with Crippen molar-refractivity contribution in [3.05, 3.63) is 39.7 Å². The van der Waals surface area contributed by atoms with Gasteiger partial charge in [-0.3, -0.25) is 4.79 Å². The second-order valence-electron chi connectivity index (χ2n) is 5.13. The zero-order valence-electron chi connectivity index (χ0n) is 13.3. The Balaban J connectivity index is 2.24. The van der Waals surface area contributed by atoms with Gasteiger partial charge in [-0.15, -0.1) is 11.3 Å². The SMILES string of the molecule is COC(=O)c1c(-c2ccc(Br)cc2)csc1NC(=O)CCCC(=O)[O-]. The summed E-state index contributed by atoms with van der Waals surface area (Å²) in [6.07, 6.45) is 0.0125. The van der Waals surface area contributed by atoms with Crippen LogP contribution in [0.5, 0.6) is 0 Å². The number of carboxylic acids is 1. The molecular formula is C17H15BrNO5S-. The molecule has 0 radical (unpaired) electrons. The fraction of sp³-hybridized carbons (Fsp3) is 0.235. The minimum atomic E-state index is -1.20. The van der Waals surface area contributed by atoms with E-state index >= 15 is 0 Å². The molecule has 1 heterocycles. The molecule has 0 fully saturated rings. The molecule has 0 unspecified atom stereocenters. The first-order chi connectivity index (χ1) is 11.9. The van der Waals surface area contributed by atoms with Gasteiger partial charge in [-0.25, -0.2) is 4.79 Å². The lowest BCUT2D eigenvalue weighted by molar-refractivity contribution is -0.305. The second-order valence-corrected chi connectivity index (χ2v) is 6.92. The van der Waals surface area contributed by atoms with E-state index in [1.54, 1.807) is 5.38 Å². The Morgan fingerprint density at radius 3 is 2.48 bits per heavy atom. The van der Waals surface area contributed by atoms with Crippen LogP contribution in [-0.2, 0) is 14.3 Å². The van der Waals surface area contributed by atoms with Gasteiger partial charge in [0.2, 0.25) is 5.91 Å². The van der Waals surface area contributed by atoms with Crippen LogP contribution in [-0.4, -0.2) is 25.0 Å². The highest BCUT2D eigenvalue weighted by atomic mass is 79.9. The molecule has 0 spiro atoms. The fourth-order valence-electron chi connectivity index (χ4n) is 2.18. The summed E-state index contributed by atoms with van der Waals surface area (Å²) in [5.74, 6) is -2.11. The van der Waals surface area contributed by atoms with Gasteiger partial charge in [0, 0.05) is 27.8 Å². The molecule has 1 N–H and O–H groups in total. The highest BCUT2D eigenvalue weighted by Gasteiger charge is 2.22. The van der Waals surface area contributed by atoms with E-state index < -0.39 is 11.9 Å². The number of benzene rings is 1. The molecule has 1 aromatic heterocycles. The van der Waals surface area contributed by atoms with Crippen LogP contribution in [0.3, 0.4) is 0 Å². The number of carbonyl (C=O) groups is 3. The highest BCUT2D eigenvalue weighted by molar-refractivity contribution is 9.10. The van der Waals surface area contributed by atoms with Crippen molar-refractivity contribution in [1.82, 2.24) is 0 Å². The number of hydrogen-bond donors (Lipinski definition) is 1. The quantitative estimate of drug-likeness (QED) is 0.689. The van der Waals surface area contributed by atoms with E-state index in [4.69, 9.17) is 4.74 Å². The van der Waals surface area contributed by atoms with Crippen LogP contribution in [0.2, 0.25) is 0 Å². The molecule has 25 heavy (non-hydrogen) atoms. The van der Waals surface area contributed by atoms with Gasteiger partial charge >= 0.3 is 5.97 Å². The maximum atomic E-state index is 12.2. The number of aliphatic carboxylic acids is 1. The summed E-state index contributed by atoms with van der Waals surface area (Å²) in [6, 6.07) is 7.41. The number of esters is 1. The third kappa shape index (κ3) is 5.14. The van der Waals surface area contributed by atoms with Crippen LogP contribution in [0.4, 0.5) is 5.00 Å². The summed E-state index contributed by atoms with van der Waals surface area (Å²) >= 11 is 4.57. The predicted molar refractivity (Wildman–Crippen MR) is 96.3 cm³/mol. The van der Waals surface area contributed by atoms with Gasteiger partial charge in [0.1, 0.15) is 10.6 Å². The number of methoxy groups -OCH3 is 1. The summed E-state index contributed by atoms with van der Waals surface area (Å²) in [5, 5.41) is 15.2. The molecule has 0 atom stereocenters. The van der Waals surface area contributed by atoms with E-state index in [2.05, 4.69) is 21.2 Å². The Kier molecular flexibility index (Phi) is 6.72. The van der Waals surface area contributed by atoms with Crippen molar-refractivity contribution in [2.75, 3.05) is 12.4 Å². The average molecular weight is 425 g/mol. The largest absolute Gasteiger partial charge is 0.550 e. The molecule has 8 heteroatoms. The lowest BCUT2D eigenvalue weighted by atomic mass is 10.0. The maximum Gasteiger partial charge on any atom is 0.341 e. The van der Waals surface area contributed by atoms with Crippen LogP contribution in [0.25, 0.3) is 11.1 Å².